The summed E-state index contributed by atoms with van der Waals surface area (Å²) in [7, 11) is 0. The Morgan fingerprint density at radius 3 is 2.78 bits per heavy atom. The summed E-state index contributed by atoms with van der Waals surface area (Å²) < 4.78 is 19.8. The molecule has 0 radical (unpaired) electrons. The molecule has 0 spiro atoms. The third-order valence-corrected chi connectivity index (χ3v) is 5.55. The van der Waals surface area contributed by atoms with Gasteiger partial charge in [0, 0.05) is 24.1 Å². The Hall–Kier alpha value is -1.96. The monoisotopic (exact) mass is 440 g/mol. The Bertz CT molecular complexity index is 757. The molecular formula is C19H22BrFN2O4. The number of hydrogen-bond donors (Lipinski definition) is 0. The quantitative estimate of drug-likeness (QED) is 0.533. The summed E-state index contributed by atoms with van der Waals surface area (Å²) in [5, 5.41) is 0. The highest BCUT2D eigenvalue weighted by atomic mass is 79.9. The van der Waals surface area contributed by atoms with E-state index in [1.54, 1.807) is 17.9 Å². The van der Waals surface area contributed by atoms with Gasteiger partial charge in [0.05, 0.1) is 18.2 Å². The van der Waals surface area contributed by atoms with Crippen LogP contribution in [-0.4, -0.2) is 48.9 Å². The Morgan fingerprint density at radius 2 is 2.07 bits per heavy atom. The molecule has 0 bridgehead atoms. The Labute approximate surface area is 165 Å². The molecule has 3 rings (SSSR count). The molecule has 2 atom stereocenters. The van der Waals surface area contributed by atoms with Gasteiger partial charge in [0.15, 0.2) is 0 Å². The first-order chi connectivity index (χ1) is 12.9. The number of halogens is 2. The van der Waals surface area contributed by atoms with Crippen molar-refractivity contribution in [2.24, 2.45) is 11.8 Å². The first-order valence-corrected chi connectivity index (χ1v) is 9.93. The molecule has 8 heteroatoms. The van der Waals surface area contributed by atoms with Crippen LogP contribution in [-0.2, 0) is 19.1 Å². The van der Waals surface area contributed by atoms with Gasteiger partial charge in [-0.05, 0) is 44.4 Å². The van der Waals surface area contributed by atoms with E-state index in [0.29, 0.717) is 43.4 Å². The van der Waals surface area contributed by atoms with Crippen molar-refractivity contribution >= 4 is 39.4 Å². The lowest BCUT2D eigenvalue weighted by molar-refractivity contribution is -0.152. The van der Waals surface area contributed by atoms with Gasteiger partial charge in [0.1, 0.15) is 11.7 Å². The summed E-state index contributed by atoms with van der Waals surface area (Å²) in [6, 6.07) is 4.49. The number of hydrogen-bond acceptors (Lipinski definition) is 4. The minimum absolute atomic E-state index is 0.182. The molecule has 6 nitrogen and oxygen atoms in total. The first kappa shape index (κ1) is 19.8. The molecule has 2 aliphatic rings. The van der Waals surface area contributed by atoms with Crippen LogP contribution in [0.4, 0.5) is 10.1 Å². The lowest BCUT2D eigenvalue weighted by Gasteiger charge is -2.32. The predicted octanol–water partition coefficient (Wildman–Crippen LogP) is 2.74. The summed E-state index contributed by atoms with van der Waals surface area (Å²) >= 11 is 3.19. The van der Waals surface area contributed by atoms with Crippen molar-refractivity contribution in [2.75, 3.05) is 31.1 Å². The van der Waals surface area contributed by atoms with Crippen LogP contribution >= 0.6 is 15.9 Å². The van der Waals surface area contributed by atoms with Gasteiger partial charge >= 0.3 is 5.97 Å². The number of rotatable bonds is 4. The average Bonchev–Trinajstić information content (AvgIpc) is 3.03. The van der Waals surface area contributed by atoms with Gasteiger partial charge in [-0.2, -0.15) is 0 Å². The number of nitrogens with zero attached hydrogens (tertiary/aromatic N) is 2. The Balaban J connectivity index is 1.69. The topological polar surface area (TPSA) is 66.9 Å². The van der Waals surface area contributed by atoms with Crippen molar-refractivity contribution in [1.29, 1.82) is 0 Å². The maximum atomic E-state index is 14.2. The fourth-order valence-corrected chi connectivity index (χ4v) is 4.03. The molecule has 27 heavy (non-hydrogen) atoms. The van der Waals surface area contributed by atoms with E-state index in [0.717, 1.165) is 0 Å². The average molecular weight is 441 g/mol. The van der Waals surface area contributed by atoms with Crippen LogP contribution in [0.3, 0.4) is 0 Å². The largest absolute Gasteiger partial charge is 0.466 e. The van der Waals surface area contributed by atoms with Gasteiger partial charge in [0.2, 0.25) is 11.8 Å². The molecular weight excluding hydrogens is 419 g/mol. The minimum Gasteiger partial charge on any atom is -0.466 e. The van der Waals surface area contributed by atoms with Crippen LogP contribution in [0.1, 0.15) is 26.2 Å². The summed E-state index contributed by atoms with van der Waals surface area (Å²) in [6.07, 6.45) is 1.71. The third-order valence-electron chi connectivity index (χ3n) is 5.06. The molecule has 2 heterocycles. The van der Waals surface area contributed by atoms with Gasteiger partial charge in [-0.25, -0.2) is 4.39 Å². The van der Waals surface area contributed by atoms with Crippen molar-refractivity contribution in [3.05, 3.63) is 28.5 Å². The number of anilines is 1. The molecule has 2 saturated heterocycles. The number of ether oxygens (including phenoxy) is 1. The minimum atomic E-state index is -0.825. The van der Waals surface area contributed by atoms with Crippen LogP contribution in [0.25, 0.3) is 0 Å². The van der Waals surface area contributed by atoms with Gasteiger partial charge in [0.25, 0.3) is 0 Å². The van der Waals surface area contributed by atoms with Crippen LogP contribution in [0.15, 0.2) is 22.7 Å². The second-order valence-electron chi connectivity index (χ2n) is 6.80. The van der Waals surface area contributed by atoms with E-state index < -0.39 is 11.7 Å². The Morgan fingerprint density at radius 1 is 1.30 bits per heavy atom. The number of esters is 1. The molecule has 0 N–H and O–H groups in total. The standard InChI is InChI=1S/C19H22BrFN2O4/c1-2-27-19(26)12-4-3-8-22(11-12)17(24)14-7-9-23(18(14)25)16-6-5-13(20)10-15(16)21/h5-6,10,12,14H,2-4,7-9,11H2,1H3/t12-,14-/m0/s1. The molecule has 2 fully saturated rings. The number of carbonyl (C=O) groups excluding carboxylic acids is 3. The van der Waals surface area contributed by atoms with Gasteiger partial charge in [-0.1, -0.05) is 15.9 Å². The zero-order valence-corrected chi connectivity index (χ0v) is 16.7. The highest BCUT2D eigenvalue weighted by Gasteiger charge is 2.42. The SMILES string of the molecule is CCOC(=O)[C@H]1CCCN(C(=O)[C@@H]2CCN(c3ccc(Br)cc3F)C2=O)C1. The fraction of sp³-hybridized carbons (Fsp3) is 0.526. The van der Waals surface area contributed by atoms with E-state index in [4.69, 9.17) is 4.74 Å². The van der Waals surface area contributed by atoms with Crippen molar-refractivity contribution < 1.29 is 23.5 Å². The molecule has 1 aromatic rings. The van der Waals surface area contributed by atoms with Crippen LogP contribution < -0.4 is 4.90 Å². The fourth-order valence-electron chi connectivity index (χ4n) is 3.70. The number of likely N-dealkylation sites (tertiary alicyclic amines) is 1. The van der Waals surface area contributed by atoms with Crippen LogP contribution in [0.2, 0.25) is 0 Å². The van der Waals surface area contributed by atoms with Crippen molar-refractivity contribution in [1.82, 2.24) is 4.90 Å². The number of carbonyl (C=O) groups is 3. The summed E-state index contributed by atoms with van der Waals surface area (Å²) in [6.45, 7) is 3.14. The van der Waals surface area contributed by atoms with Gasteiger partial charge in [-0.15, -0.1) is 0 Å². The van der Waals surface area contributed by atoms with Crippen molar-refractivity contribution in [3.63, 3.8) is 0 Å². The number of amides is 2. The Kier molecular flexibility index (Phi) is 6.14. The number of benzene rings is 1. The van der Waals surface area contributed by atoms with E-state index in [1.165, 1.54) is 17.0 Å². The molecule has 2 amide bonds. The molecule has 0 saturated carbocycles. The van der Waals surface area contributed by atoms with E-state index in [1.807, 2.05) is 0 Å². The molecule has 0 unspecified atom stereocenters. The number of piperidine rings is 1. The van der Waals surface area contributed by atoms with Crippen molar-refractivity contribution in [3.8, 4) is 0 Å². The third kappa shape index (κ3) is 4.15. The van der Waals surface area contributed by atoms with Gasteiger partial charge < -0.3 is 14.5 Å². The normalized spacial score (nSPS) is 22.9. The van der Waals surface area contributed by atoms with Gasteiger partial charge in [-0.3, -0.25) is 14.4 Å². The second-order valence-corrected chi connectivity index (χ2v) is 7.72. The highest BCUT2D eigenvalue weighted by molar-refractivity contribution is 9.10. The highest BCUT2D eigenvalue weighted by Crippen LogP contribution is 2.31. The summed E-state index contributed by atoms with van der Waals surface area (Å²) in [4.78, 5) is 40.5. The maximum absolute atomic E-state index is 14.2. The van der Waals surface area contributed by atoms with Crippen LogP contribution in [0, 0.1) is 17.7 Å². The van der Waals surface area contributed by atoms with Crippen LogP contribution in [0.5, 0.6) is 0 Å². The van der Waals surface area contributed by atoms with E-state index in [-0.39, 0.29) is 35.9 Å². The predicted molar refractivity (Wildman–Crippen MR) is 100 cm³/mol. The molecule has 0 aromatic heterocycles. The van der Waals surface area contributed by atoms with E-state index in [9.17, 15) is 18.8 Å². The summed E-state index contributed by atoms with van der Waals surface area (Å²) in [5.41, 5.74) is 0.182. The molecule has 2 aliphatic heterocycles. The zero-order chi connectivity index (χ0) is 19.6. The molecule has 146 valence electrons. The van der Waals surface area contributed by atoms with E-state index >= 15 is 0 Å². The van der Waals surface area contributed by atoms with Crippen molar-refractivity contribution in [2.45, 2.75) is 26.2 Å². The molecule has 0 aliphatic carbocycles. The lowest BCUT2D eigenvalue weighted by atomic mass is 9.96. The smallest absolute Gasteiger partial charge is 0.310 e. The summed E-state index contributed by atoms with van der Waals surface area (Å²) in [5.74, 6) is -2.65. The zero-order valence-electron chi connectivity index (χ0n) is 15.1. The maximum Gasteiger partial charge on any atom is 0.310 e. The second kappa shape index (κ2) is 8.37. The van der Waals surface area contributed by atoms with E-state index in [2.05, 4.69) is 15.9 Å². The molecule has 1 aromatic carbocycles. The lowest BCUT2D eigenvalue weighted by Crippen LogP contribution is -2.46. The first-order valence-electron chi connectivity index (χ1n) is 9.14.